The van der Waals surface area contributed by atoms with Crippen LogP contribution in [0.3, 0.4) is 0 Å². The molecular weight excluding hydrogens is 162 g/mol. The van der Waals surface area contributed by atoms with Gasteiger partial charge in [-0.15, -0.1) is 0 Å². The number of hydrogen-bond acceptors (Lipinski definition) is 2. The van der Waals surface area contributed by atoms with Gasteiger partial charge in [-0.1, -0.05) is 13.3 Å². The third-order valence-corrected chi connectivity index (χ3v) is 3.01. The van der Waals surface area contributed by atoms with E-state index in [1.807, 2.05) is 6.92 Å². The van der Waals surface area contributed by atoms with Crippen molar-refractivity contribution in [1.29, 1.82) is 0 Å². The van der Waals surface area contributed by atoms with Gasteiger partial charge in [0, 0.05) is 19.2 Å². The molecule has 1 aliphatic rings. The molecule has 1 aliphatic carbocycles. The number of hydrogen-bond donors (Lipinski definition) is 1. The first-order chi connectivity index (χ1) is 6.16. The molecular formula is C11H23NO. The highest BCUT2D eigenvalue weighted by molar-refractivity contribution is 4.85. The summed E-state index contributed by atoms with van der Waals surface area (Å²) in [5.41, 5.74) is 0.584. The van der Waals surface area contributed by atoms with Gasteiger partial charge in [-0.25, -0.2) is 0 Å². The molecule has 0 saturated heterocycles. The van der Waals surface area contributed by atoms with Crippen LogP contribution in [-0.4, -0.2) is 25.8 Å². The SMILES string of the molecule is CCOCC(C)NCC1(C)CCC1. The zero-order valence-corrected chi connectivity index (χ0v) is 9.23. The molecule has 1 saturated carbocycles. The molecule has 0 aromatic carbocycles. The Labute approximate surface area is 82.0 Å². The van der Waals surface area contributed by atoms with Crippen molar-refractivity contribution in [2.75, 3.05) is 19.8 Å². The first-order valence-electron chi connectivity index (χ1n) is 5.47. The van der Waals surface area contributed by atoms with E-state index in [1.165, 1.54) is 19.3 Å². The largest absolute Gasteiger partial charge is 0.380 e. The molecule has 13 heavy (non-hydrogen) atoms. The maximum absolute atomic E-state index is 5.35. The van der Waals surface area contributed by atoms with E-state index in [0.717, 1.165) is 19.8 Å². The minimum Gasteiger partial charge on any atom is -0.380 e. The number of ether oxygens (including phenoxy) is 1. The van der Waals surface area contributed by atoms with Crippen molar-refractivity contribution in [3.63, 3.8) is 0 Å². The second kappa shape index (κ2) is 4.97. The van der Waals surface area contributed by atoms with Gasteiger partial charge in [0.2, 0.25) is 0 Å². The normalized spacial score (nSPS) is 22.4. The van der Waals surface area contributed by atoms with Crippen LogP contribution in [0.4, 0.5) is 0 Å². The Kier molecular flexibility index (Phi) is 4.20. The Morgan fingerprint density at radius 1 is 1.46 bits per heavy atom. The highest BCUT2D eigenvalue weighted by Gasteiger charge is 2.31. The molecule has 1 unspecified atom stereocenters. The Hall–Kier alpha value is -0.0800. The fourth-order valence-electron chi connectivity index (χ4n) is 1.73. The molecule has 1 fully saturated rings. The quantitative estimate of drug-likeness (QED) is 0.685. The van der Waals surface area contributed by atoms with E-state index in [1.54, 1.807) is 0 Å². The van der Waals surface area contributed by atoms with Crippen LogP contribution >= 0.6 is 0 Å². The van der Waals surface area contributed by atoms with E-state index < -0.39 is 0 Å². The van der Waals surface area contributed by atoms with Crippen molar-refractivity contribution in [1.82, 2.24) is 5.32 Å². The Bertz CT molecular complexity index is 143. The van der Waals surface area contributed by atoms with E-state index in [0.29, 0.717) is 11.5 Å². The molecule has 1 atom stereocenters. The van der Waals surface area contributed by atoms with Crippen molar-refractivity contribution in [3.8, 4) is 0 Å². The van der Waals surface area contributed by atoms with E-state index in [4.69, 9.17) is 4.74 Å². The Morgan fingerprint density at radius 2 is 2.15 bits per heavy atom. The van der Waals surface area contributed by atoms with Crippen molar-refractivity contribution in [2.24, 2.45) is 5.41 Å². The molecule has 0 aromatic heterocycles. The summed E-state index contributed by atoms with van der Waals surface area (Å²) in [6.07, 6.45) is 4.20. The first-order valence-corrected chi connectivity index (χ1v) is 5.47. The van der Waals surface area contributed by atoms with Crippen molar-refractivity contribution in [3.05, 3.63) is 0 Å². The topological polar surface area (TPSA) is 21.3 Å². The van der Waals surface area contributed by atoms with Gasteiger partial charge in [-0.3, -0.25) is 0 Å². The van der Waals surface area contributed by atoms with Gasteiger partial charge in [0.1, 0.15) is 0 Å². The van der Waals surface area contributed by atoms with Crippen molar-refractivity contribution >= 4 is 0 Å². The zero-order chi connectivity index (χ0) is 9.73. The summed E-state index contributed by atoms with van der Waals surface area (Å²) in [7, 11) is 0. The van der Waals surface area contributed by atoms with Gasteiger partial charge in [0.25, 0.3) is 0 Å². The van der Waals surface area contributed by atoms with E-state index in [2.05, 4.69) is 19.2 Å². The van der Waals surface area contributed by atoms with E-state index in [9.17, 15) is 0 Å². The molecule has 78 valence electrons. The van der Waals surface area contributed by atoms with Crippen molar-refractivity contribution < 1.29 is 4.74 Å². The highest BCUT2D eigenvalue weighted by Crippen LogP contribution is 2.39. The van der Waals surface area contributed by atoms with Crippen LogP contribution in [0.2, 0.25) is 0 Å². The molecule has 0 bridgehead atoms. The molecule has 1 rings (SSSR count). The fourth-order valence-corrected chi connectivity index (χ4v) is 1.73. The third-order valence-electron chi connectivity index (χ3n) is 3.01. The van der Waals surface area contributed by atoms with Gasteiger partial charge in [-0.2, -0.15) is 0 Å². The molecule has 2 heteroatoms. The molecule has 2 nitrogen and oxygen atoms in total. The first kappa shape index (κ1) is 11.0. The Morgan fingerprint density at radius 3 is 2.62 bits per heavy atom. The summed E-state index contributed by atoms with van der Waals surface area (Å²) in [6.45, 7) is 9.42. The molecule has 0 amide bonds. The highest BCUT2D eigenvalue weighted by atomic mass is 16.5. The van der Waals surface area contributed by atoms with Crippen LogP contribution in [0.5, 0.6) is 0 Å². The van der Waals surface area contributed by atoms with Gasteiger partial charge in [-0.05, 0) is 32.1 Å². The average molecular weight is 185 g/mol. The number of nitrogens with one attached hydrogen (secondary N) is 1. The van der Waals surface area contributed by atoms with Gasteiger partial charge >= 0.3 is 0 Å². The van der Waals surface area contributed by atoms with Crippen LogP contribution in [-0.2, 0) is 4.74 Å². The summed E-state index contributed by atoms with van der Waals surface area (Å²) in [4.78, 5) is 0. The smallest absolute Gasteiger partial charge is 0.0616 e. The van der Waals surface area contributed by atoms with E-state index >= 15 is 0 Å². The fraction of sp³-hybridized carbons (Fsp3) is 1.00. The average Bonchev–Trinajstić information content (AvgIpc) is 2.08. The second-order valence-corrected chi connectivity index (χ2v) is 4.61. The lowest BCUT2D eigenvalue weighted by molar-refractivity contribution is 0.107. The standard InChI is InChI=1S/C11H23NO/c1-4-13-8-10(2)12-9-11(3)6-5-7-11/h10,12H,4-9H2,1-3H3. The van der Waals surface area contributed by atoms with Crippen LogP contribution in [0.1, 0.15) is 40.0 Å². The predicted molar refractivity (Wildman–Crippen MR) is 55.9 cm³/mol. The van der Waals surface area contributed by atoms with Gasteiger partial charge in [0.15, 0.2) is 0 Å². The monoisotopic (exact) mass is 185 g/mol. The van der Waals surface area contributed by atoms with E-state index in [-0.39, 0.29) is 0 Å². The summed E-state index contributed by atoms with van der Waals surface area (Å²) in [5, 5.41) is 3.53. The van der Waals surface area contributed by atoms with Crippen LogP contribution in [0.15, 0.2) is 0 Å². The summed E-state index contributed by atoms with van der Waals surface area (Å²) < 4.78 is 5.35. The molecule has 0 spiro atoms. The Balaban J connectivity index is 2.03. The van der Waals surface area contributed by atoms with Gasteiger partial charge < -0.3 is 10.1 Å². The molecule has 0 heterocycles. The lowest BCUT2D eigenvalue weighted by Gasteiger charge is -2.39. The summed E-state index contributed by atoms with van der Waals surface area (Å²) in [6, 6.07) is 0.498. The van der Waals surface area contributed by atoms with Gasteiger partial charge in [0.05, 0.1) is 6.61 Å². The molecule has 0 aliphatic heterocycles. The summed E-state index contributed by atoms with van der Waals surface area (Å²) in [5.74, 6) is 0. The molecule has 1 N–H and O–H groups in total. The minimum absolute atomic E-state index is 0.498. The van der Waals surface area contributed by atoms with Crippen LogP contribution in [0, 0.1) is 5.41 Å². The number of rotatable bonds is 6. The van der Waals surface area contributed by atoms with Crippen molar-refractivity contribution in [2.45, 2.75) is 46.1 Å². The zero-order valence-electron chi connectivity index (χ0n) is 9.23. The second-order valence-electron chi connectivity index (χ2n) is 4.61. The predicted octanol–water partition coefficient (Wildman–Crippen LogP) is 2.19. The third kappa shape index (κ3) is 3.65. The molecule has 0 aromatic rings. The van der Waals surface area contributed by atoms with Crippen LogP contribution in [0.25, 0.3) is 0 Å². The maximum atomic E-state index is 5.35. The lowest BCUT2D eigenvalue weighted by Crippen LogP contribution is -2.42. The lowest BCUT2D eigenvalue weighted by atomic mass is 9.70. The minimum atomic E-state index is 0.498. The molecule has 0 radical (unpaired) electrons. The maximum Gasteiger partial charge on any atom is 0.0616 e. The van der Waals surface area contributed by atoms with Crippen LogP contribution < -0.4 is 5.32 Å². The summed E-state index contributed by atoms with van der Waals surface area (Å²) >= 11 is 0.